The van der Waals surface area contributed by atoms with Crippen LogP contribution in [-0.4, -0.2) is 5.78 Å². The van der Waals surface area contributed by atoms with E-state index in [2.05, 4.69) is 15.9 Å². The average molecular weight is 313 g/mol. The molecule has 1 aromatic carbocycles. The Hall–Kier alpha value is -0.700. The second-order valence-electron chi connectivity index (χ2n) is 5.04. The summed E-state index contributed by atoms with van der Waals surface area (Å²) >= 11 is 3.14. The number of ketones is 1. The molecule has 0 saturated heterocycles. The molecule has 1 aliphatic carbocycles. The van der Waals surface area contributed by atoms with Crippen molar-refractivity contribution in [1.29, 1.82) is 0 Å². The van der Waals surface area contributed by atoms with Gasteiger partial charge in [-0.1, -0.05) is 32.1 Å². The molecule has 0 bridgehead atoms. The van der Waals surface area contributed by atoms with Crippen LogP contribution in [0.5, 0.6) is 0 Å². The summed E-state index contributed by atoms with van der Waals surface area (Å²) in [6.07, 6.45) is 8.00. The summed E-state index contributed by atoms with van der Waals surface area (Å²) in [7, 11) is 0. The Morgan fingerprint density at radius 2 is 1.72 bits per heavy atom. The second kappa shape index (κ2) is 6.46. The van der Waals surface area contributed by atoms with E-state index in [1.165, 1.54) is 25.3 Å². The van der Waals surface area contributed by atoms with Crippen molar-refractivity contribution in [2.24, 2.45) is 5.92 Å². The van der Waals surface area contributed by atoms with Crippen molar-refractivity contribution in [3.05, 3.63) is 34.1 Å². The van der Waals surface area contributed by atoms with Crippen LogP contribution in [0.2, 0.25) is 0 Å². The fourth-order valence-electron chi connectivity index (χ4n) is 2.60. The van der Waals surface area contributed by atoms with Crippen LogP contribution < -0.4 is 0 Å². The predicted molar refractivity (Wildman–Crippen MR) is 74.2 cm³/mol. The molecule has 98 valence electrons. The van der Waals surface area contributed by atoms with Crippen molar-refractivity contribution < 1.29 is 9.18 Å². The molecular formula is C15H18BrFO. The number of carbonyl (C=O) groups is 1. The average Bonchev–Trinajstić information content (AvgIpc) is 2.31. The van der Waals surface area contributed by atoms with Gasteiger partial charge in [0.1, 0.15) is 5.82 Å². The SMILES string of the molecule is O=C(c1ccc(F)c(Br)c1)C1CCCCCCC1. The Kier molecular flexibility index (Phi) is 4.93. The Balaban J connectivity index is 2.10. The molecule has 1 fully saturated rings. The van der Waals surface area contributed by atoms with Gasteiger partial charge in [0.05, 0.1) is 4.47 Å². The summed E-state index contributed by atoms with van der Waals surface area (Å²) in [6.45, 7) is 0. The van der Waals surface area contributed by atoms with Gasteiger partial charge >= 0.3 is 0 Å². The molecule has 0 atom stereocenters. The largest absolute Gasteiger partial charge is 0.294 e. The summed E-state index contributed by atoms with van der Waals surface area (Å²) in [5.41, 5.74) is 0.633. The Labute approximate surface area is 116 Å². The van der Waals surface area contributed by atoms with Crippen LogP contribution in [-0.2, 0) is 0 Å². The maximum absolute atomic E-state index is 13.2. The van der Waals surface area contributed by atoms with E-state index in [0.717, 1.165) is 25.7 Å². The van der Waals surface area contributed by atoms with Gasteiger partial charge in [-0.25, -0.2) is 4.39 Å². The van der Waals surface area contributed by atoms with Gasteiger partial charge in [-0.3, -0.25) is 4.79 Å². The van der Waals surface area contributed by atoms with Crippen molar-refractivity contribution in [1.82, 2.24) is 0 Å². The molecule has 0 N–H and O–H groups in total. The number of halogens is 2. The first-order valence-electron chi connectivity index (χ1n) is 6.68. The second-order valence-corrected chi connectivity index (χ2v) is 5.89. The summed E-state index contributed by atoms with van der Waals surface area (Å²) < 4.78 is 13.5. The van der Waals surface area contributed by atoms with Gasteiger partial charge < -0.3 is 0 Å². The van der Waals surface area contributed by atoms with Crippen molar-refractivity contribution >= 4 is 21.7 Å². The first-order chi connectivity index (χ1) is 8.68. The minimum atomic E-state index is -0.316. The molecule has 1 aromatic rings. The minimum absolute atomic E-state index is 0.127. The first kappa shape index (κ1) is 13.7. The van der Waals surface area contributed by atoms with Crippen molar-refractivity contribution in [3.63, 3.8) is 0 Å². The van der Waals surface area contributed by atoms with Gasteiger partial charge in [-0.15, -0.1) is 0 Å². The van der Waals surface area contributed by atoms with E-state index in [1.54, 1.807) is 12.1 Å². The van der Waals surface area contributed by atoms with E-state index in [9.17, 15) is 9.18 Å². The van der Waals surface area contributed by atoms with Crippen LogP contribution in [0, 0.1) is 11.7 Å². The molecule has 0 aromatic heterocycles. The third-order valence-corrected chi connectivity index (χ3v) is 4.29. The van der Waals surface area contributed by atoms with Crippen LogP contribution in [0.3, 0.4) is 0 Å². The molecule has 0 aliphatic heterocycles. The lowest BCUT2D eigenvalue weighted by molar-refractivity contribution is 0.0898. The van der Waals surface area contributed by atoms with Crippen LogP contribution >= 0.6 is 15.9 Å². The highest BCUT2D eigenvalue weighted by atomic mass is 79.9. The monoisotopic (exact) mass is 312 g/mol. The lowest BCUT2D eigenvalue weighted by atomic mass is 9.86. The molecule has 1 saturated carbocycles. The Morgan fingerprint density at radius 1 is 1.11 bits per heavy atom. The number of carbonyl (C=O) groups excluding carboxylic acids is 1. The van der Waals surface area contributed by atoms with E-state index in [4.69, 9.17) is 0 Å². The van der Waals surface area contributed by atoms with Gasteiger partial charge in [0.25, 0.3) is 0 Å². The fourth-order valence-corrected chi connectivity index (χ4v) is 2.98. The molecule has 2 rings (SSSR count). The number of Topliss-reactive ketones (excluding diaryl/α,β-unsaturated/α-hetero) is 1. The highest BCUT2D eigenvalue weighted by Crippen LogP contribution is 2.27. The third kappa shape index (κ3) is 3.41. The van der Waals surface area contributed by atoms with Crippen molar-refractivity contribution in [2.45, 2.75) is 44.9 Å². The van der Waals surface area contributed by atoms with Gasteiger partial charge in [0.15, 0.2) is 5.78 Å². The van der Waals surface area contributed by atoms with Gasteiger partial charge in [-0.2, -0.15) is 0 Å². The quantitative estimate of drug-likeness (QED) is 0.692. The third-order valence-electron chi connectivity index (χ3n) is 3.68. The molecule has 3 heteroatoms. The lowest BCUT2D eigenvalue weighted by Crippen LogP contribution is -2.16. The molecule has 1 aliphatic rings. The summed E-state index contributed by atoms with van der Waals surface area (Å²) in [5.74, 6) is -0.00974. The number of hydrogen-bond acceptors (Lipinski definition) is 1. The van der Waals surface area contributed by atoms with Gasteiger partial charge in [0.2, 0.25) is 0 Å². The normalized spacial score (nSPS) is 18.1. The summed E-state index contributed by atoms with van der Waals surface area (Å²) in [6, 6.07) is 4.57. The minimum Gasteiger partial charge on any atom is -0.294 e. The van der Waals surface area contributed by atoms with Crippen molar-refractivity contribution in [2.75, 3.05) is 0 Å². The van der Waals surface area contributed by atoms with Gasteiger partial charge in [0, 0.05) is 11.5 Å². The first-order valence-corrected chi connectivity index (χ1v) is 7.47. The van der Waals surface area contributed by atoms with E-state index in [0.29, 0.717) is 10.0 Å². The van der Waals surface area contributed by atoms with Crippen LogP contribution in [0.25, 0.3) is 0 Å². The standard InChI is InChI=1S/C15H18BrFO/c16-13-10-12(8-9-14(13)17)15(18)11-6-4-2-1-3-5-7-11/h8-11H,1-7H2. The number of rotatable bonds is 2. The van der Waals surface area contributed by atoms with E-state index < -0.39 is 0 Å². The molecule has 0 radical (unpaired) electrons. The molecule has 1 nitrogen and oxygen atoms in total. The fraction of sp³-hybridized carbons (Fsp3) is 0.533. The molecule has 18 heavy (non-hydrogen) atoms. The smallest absolute Gasteiger partial charge is 0.165 e. The lowest BCUT2D eigenvalue weighted by Gasteiger charge is -2.18. The maximum atomic E-state index is 13.2. The van der Waals surface area contributed by atoms with Crippen molar-refractivity contribution in [3.8, 4) is 0 Å². The zero-order valence-electron chi connectivity index (χ0n) is 10.4. The maximum Gasteiger partial charge on any atom is 0.165 e. The highest BCUT2D eigenvalue weighted by molar-refractivity contribution is 9.10. The van der Waals surface area contributed by atoms with Crippen LogP contribution in [0.1, 0.15) is 55.3 Å². The summed E-state index contributed by atoms with van der Waals surface area (Å²) in [4.78, 5) is 12.4. The zero-order chi connectivity index (χ0) is 13.0. The Morgan fingerprint density at radius 3 is 2.33 bits per heavy atom. The Bertz CT molecular complexity index is 423. The molecule has 0 unspecified atom stereocenters. The molecule has 0 heterocycles. The molecular weight excluding hydrogens is 295 g/mol. The van der Waals surface area contributed by atoms with Crippen LogP contribution in [0.4, 0.5) is 4.39 Å². The predicted octanol–water partition coefficient (Wildman–Crippen LogP) is 5.13. The van der Waals surface area contributed by atoms with E-state index >= 15 is 0 Å². The zero-order valence-corrected chi connectivity index (χ0v) is 12.0. The number of benzene rings is 1. The number of hydrogen-bond donors (Lipinski definition) is 0. The van der Waals surface area contributed by atoms with E-state index in [1.807, 2.05) is 0 Å². The van der Waals surface area contributed by atoms with E-state index in [-0.39, 0.29) is 17.5 Å². The van der Waals surface area contributed by atoms with Gasteiger partial charge in [-0.05, 0) is 47.0 Å². The highest BCUT2D eigenvalue weighted by Gasteiger charge is 2.21. The van der Waals surface area contributed by atoms with Crippen LogP contribution in [0.15, 0.2) is 22.7 Å². The molecule has 0 spiro atoms. The summed E-state index contributed by atoms with van der Waals surface area (Å²) in [5, 5.41) is 0. The topological polar surface area (TPSA) is 17.1 Å². The molecule has 0 amide bonds.